The molecule has 6 nitrogen and oxygen atoms in total. The van der Waals surface area contributed by atoms with Crippen LogP contribution in [0.4, 0.5) is 0 Å². The molecule has 19 heavy (non-hydrogen) atoms. The summed E-state index contributed by atoms with van der Waals surface area (Å²) in [5.41, 5.74) is 0. The molecule has 0 aromatic rings. The maximum atomic E-state index is 11.1. The Balaban J connectivity index is 4.64. The van der Waals surface area contributed by atoms with Crippen molar-refractivity contribution in [1.82, 2.24) is 0 Å². The van der Waals surface area contributed by atoms with Gasteiger partial charge in [-0.25, -0.2) is 0 Å². The second-order valence-electron chi connectivity index (χ2n) is 4.30. The number of rotatable bonds is 8. The zero-order valence-corrected chi connectivity index (χ0v) is 11.9. The van der Waals surface area contributed by atoms with E-state index in [0.717, 1.165) is 6.42 Å². The van der Waals surface area contributed by atoms with E-state index in [2.05, 4.69) is 0 Å². The molecule has 0 aromatic heterocycles. The molecule has 0 aliphatic carbocycles. The lowest BCUT2D eigenvalue weighted by Gasteiger charge is -2.25. The van der Waals surface area contributed by atoms with Gasteiger partial charge < -0.3 is 14.2 Å². The molecule has 0 rings (SSSR count). The molecule has 0 bridgehead atoms. The first-order valence-electron chi connectivity index (χ1n) is 6.30. The van der Waals surface area contributed by atoms with Crippen molar-refractivity contribution in [1.29, 1.82) is 0 Å². The maximum absolute atomic E-state index is 11.1. The van der Waals surface area contributed by atoms with Crippen LogP contribution >= 0.6 is 0 Å². The molecule has 0 aliphatic heterocycles. The quantitative estimate of drug-likeness (QED) is 0.492. The van der Waals surface area contributed by atoms with Gasteiger partial charge in [0.1, 0.15) is 19.3 Å². The minimum Gasteiger partial charge on any atom is -0.465 e. The van der Waals surface area contributed by atoms with Crippen LogP contribution in [-0.4, -0.2) is 37.2 Å². The Morgan fingerprint density at radius 3 is 1.68 bits per heavy atom. The van der Waals surface area contributed by atoms with Gasteiger partial charge in [-0.1, -0.05) is 13.3 Å². The van der Waals surface area contributed by atoms with Crippen LogP contribution in [0.15, 0.2) is 0 Å². The van der Waals surface area contributed by atoms with E-state index in [9.17, 15) is 14.4 Å². The van der Waals surface area contributed by atoms with Gasteiger partial charge in [0.15, 0.2) is 0 Å². The van der Waals surface area contributed by atoms with Gasteiger partial charge in [-0.2, -0.15) is 0 Å². The summed E-state index contributed by atoms with van der Waals surface area (Å²) in [6, 6.07) is 0. The van der Waals surface area contributed by atoms with E-state index in [1.807, 2.05) is 6.92 Å². The summed E-state index contributed by atoms with van der Waals surface area (Å²) in [6.45, 7) is 5.97. The molecule has 110 valence electrons. The van der Waals surface area contributed by atoms with Crippen LogP contribution in [0.25, 0.3) is 0 Å². The lowest BCUT2D eigenvalue weighted by atomic mass is 10.00. The standard InChI is InChI=1S/C13H22O6/c1-5-6-13(19-11(4)16)12(7-17-9(2)14)8-18-10(3)15/h12-13H,5-8H2,1-4H3. The number of carbonyl (C=O) groups is 3. The average Bonchev–Trinajstić information content (AvgIpc) is 2.27. The van der Waals surface area contributed by atoms with Crippen molar-refractivity contribution in [2.24, 2.45) is 5.92 Å². The fourth-order valence-corrected chi connectivity index (χ4v) is 1.60. The third kappa shape index (κ3) is 9.04. The summed E-state index contributed by atoms with van der Waals surface area (Å²) in [5, 5.41) is 0. The molecule has 0 spiro atoms. The van der Waals surface area contributed by atoms with Gasteiger partial charge in [0.25, 0.3) is 0 Å². The monoisotopic (exact) mass is 274 g/mol. The van der Waals surface area contributed by atoms with Crippen LogP contribution in [-0.2, 0) is 28.6 Å². The molecule has 1 unspecified atom stereocenters. The number of hydrogen-bond acceptors (Lipinski definition) is 6. The third-order valence-corrected chi connectivity index (χ3v) is 2.42. The fourth-order valence-electron chi connectivity index (χ4n) is 1.60. The highest BCUT2D eigenvalue weighted by Gasteiger charge is 2.26. The van der Waals surface area contributed by atoms with Crippen LogP contribution in [0.5, 0.6) is 0 Å². The van der Waals surface area contributed by atoms with E-state index in [0.29, 0.717) is 6.42 Å². The molecule has 0 N–H and O–H groups in total. The summed E-state index contributed by atoms with van der Waals surface area (Å²) < 4.78 is 15.0. The molecule has 0 saturated heterocycles. The Hall–Kier alpha value is -1.59. The summed E-state index contributed by atoms with van der Waals surface area (Å²) in [4.78, 5) is 32.8. The van der Waals surface area contributed by atoms with Gasteiger partial charge in [0, 0.05) is 20.8 Å². The lowest BCUT2D eigenvalue weighted by molar-refractivity contribution is -0.157. The Labute approximate surface area is 113 Å². The summed E-state index contributed by atoms with van der Waals surface area (Å²) >= 11 is 0. The van der Waals surface area contributed by atoms with Crippen LogP contribution < -0.4 is 0 Å². The topological polar surface area (TPSA) is 78.9 Å². The largest absolute Gasteiger partial charge is 0.465 e. The molecule has 0 fully saturated rings. The van der Waals surface area contributed by atoms with E-state index in [-0.39, 0.29) is 19.1 Å². The summed E-state index contributed by atoms with van der Waals surface area (Å²) in [7, 11) is 0. The van der Waals surface area contributed by atoms with Crippen molar-refractivity contribution in [3.63, 3.8) is 0 Å². The van der Waals surface area contributed by atoms with Gasteiger partial charge in [-0.15, -0.1) is 0 Å². The third-order valence-electron chi connectivity index (χ3n) is 2.42. The highest BCUT2D eigenvalue weighted by atomic mass is 16.6. The molecule has 0 aliphatic rings. The molecule has 1 atom stereocenters. The Morgan fingerprint density at radius 1 is 0.895 bits per heavy atom. The predicted molar refractivity (Wildman–Crippen MR) is 67.2 cm³/mol. The van der Waals surface area contributed by atoms with E-state index in [4.69, 9.17) is 14.2 Å². The van der Waals surface area contributed by atoms with Crippen molar-refractivity contribution in [3.05, 3.63) is 0 Å². The maximum Gasteiger partial charge on any atom is 0.302 e. The molecule has 0 radical (unpaired) electrons. The highest BCUT2D eigenvalue weighted by Crippen LogP contribution is 2.16. The van der Waals surface area contributed by atoms with Crippen LogP contribution in [0.3, 0.4) is 0 Å². The summed E-state index contributed by atoms with van der Waals surface area (Å²) in [5.74, 6) is -1.61. The second-order valence-corrected chi connectivity index (χ2v) is 4.30. The molecular weight excluding hydrogens is 252 g/mol. The Bertz CT molecular complexity index is 294. The fraction of sp³-hybridized carbons (Fsp3) is 0.769. The van der Waals surface area contributed by atoms with Crippen molar-refractivity contribution in [2.75, 3.05) is 13.2 Å². The smallest absolute Gasteiger partial charge is 0.302 e. The predicted octanol–water partition coefficient (Wildman–Crippen LogP) is 1.46. The van der Waals surface area contributed by atoms with Gasteiger partial charge >= 0.3 is 17.9 Å². The number of esters is 3. The van der Waals surface area contributed by atoms with E-state index in [1.165, 1.54) is 20.8 Å². The van der Waals surface area contributed by atoms with Crippen molar-refractivity contribution < 1.29 is 28.6 Å². The second kappa shape index (κ2) is 9.35. The molecular formula is C13H22O6. The lowest BCUT2D eigenvalue weighted by Crippen LogP contribution is -2.34. The van der Waals surface area contributed by atoms with Crippen LogP contribution in [0, 0.1) is 5.92 Å². The van der Waals surface area contributed by atoms with Gasteiger partial charge in [-0.3, -0.25) is 14.4 Å². The van der Waals surface area contributed by atoms with E-state index < -0.39 is 24.0 Å². The first-order valence-corrected chi connectivity index (χ1v) is 6.30. The van der Waals surface area contributed by atoms with Gasteiger partial charge in [0.2, 0.25) is 0 Å². The SMILES string of the molecule is CCCC(OC(C)=O)C(COC(C)=O)COC(C)=O. The first kappa shape index (κ1) is 17.4. The number of ether oxygens (including phenoxy) is 3. The molecule has 0 aromatic carbocycles. The minimum absolute atomic E-state index is 0.0561. The average molecular weight is 274 g/mol. The van der Waals surface area contributed by atoms with E-state index >= 15 is 0 Å². The van der Waals surface area contributed by atoms with Gasteiger partial charge in [0.05, 0.1) is 5.92 Å². The van der Waals surface area contributed by atoms with Crippen LogP contribution in [0.1, 0.15) is 40.5 Å². The zero-order valence-electron chi connectivity index (χ0n) is 11.9. The molecule has 0 amide bonds. The van der Waals surface area contributed by atoms with Crippen molar-refractivity contribution in [3.8, 4) is 0 Å². The highest BCUT2D eigenvalue weighted by molar-refractivity contribution is 5.67. The zero-order chi connectivity index (χ0) is 14.8. The summed E-state index contributed by atoms with van der Waals surface area (Å²) in [6.07, 6.45) is 0.989. The molecule has 6 heteroatoms. The first-order chi connectivity index (χ1) is 8.86. The minimum atomic E-state index is -0.429. The molecule has 0 saturated carbocycles. The van der Waals surface area contributed by atoms with Crippen LogP contribution in [0.2, 0.25) is 0 Å². The van der Waals surface area contributed by atoms with Crippen molar-refractivity contribution >= 4 is 17.9 Å². The molecule has 0 heterocycles. The van der Waals surface area contributed by atoms with E-state index in [1.54, 1.807) is 0 Å². The Kier molecular flexibility index (Phi) is 8.57. The number of hydrogen-bond donors (Lipinski definition) is 0. The number of carbonyl (C=O) groups excluding carboxylic acids is 3. The Morgan fingerprint density at radius 2 is 1.37 bits per heavy atom. The normalized spacial score (nSPS) is 11.8. The van der Waals surface area contributed by atoms with Crippen molar-refractivity contribution in [2.45, 2.75) is 46.6 Å². The van der Waals surface area contributed by atoms with Gasteiger partial charge in [-0.05, 0) is 6.42 Å².